The van der Waals surface area contributed by atoms with E-state index in [-0.39, 0.29) is 22.5 Å². The summed E-state index contributed by atoms with van der Waals surface area (Å²) in [4.78, 5) is 0.0778. The predicted octanol–water partition coefficient (Wildman–Crippen LogP) is 1.90. The molecule has 1 aromatic rings. The molecule has 0 radical (unpaired) electrons. The minimum atomic E-state index is -3.61. The molecule has 1 aliphatic carbocycles. The van der Waals surface area contributed by atoms with Gasteiger partial charge in [-0.05, 0) is 43.9 Å². The van der Waals surface area contributed by atoms with Crippen LogP contribution in [-0.2, 0) is 16.6 Å². The van der Waals surface area contributed by atoms with Crippen LogP contribution >= 0.6 is 0 Å². The average molecular weight is 286 g/mol. The third kappa shape index (κ3) is 2.80. The fraction of sp³-hybridized carbons (Fsp3) is 0.538. The number of nitrogens with two attached hydrogens (primary N) is 1. The quantitative estimate of drug-likeness (QED) is 0.868. The van der Waals surface area contributed by atoms with Crippen LogP contribution in [0.5, 0.6) is 0 Å². The van der Waals surface area contributed by atoms with E-state index in [0.29, 0.717) is 0 Å². The number of halogens is 1. The third-order valence-corrected chi connectivity index (χ3v) is 5.46. The number of rotatable bonds is 5. The molecule has 0 atom stereocenters. The van der Waals surface area contributed by atoms with Crippen LogP contribution < -0.4 is 10.5 Å². The lowest BCUT2D eigenvalue weighted by atomic mass is 9.76. The van der Waals surface area contributed by atoms with Gasteiger partial charge in [0, 0.05) is 17.6 Å². The van der Waals surface area contributed by atoms with E-state index in [1.165, 1.54) is 12.1 Å². The van der Waals surface area contributed by atoms with Crippen LogP contribution in [0.1, 0.15) is 38.2 Å². The topological polar surface area (TPSA) is 72.2 Å². The van der Waals surface area contributed by atoms with Gasteiger partial charge < -0.3 is 5.73 Å². The largest absolute Gasteiger partial charge is 0.326 e. The first kappa shape index (κ1) is 14.4. The van der Waals surface area contributed by atoms with E-state index in [9.17, 15) is 12.8 Å². The molecule has 1 fully saturated rings. The van der Waals surface area contributed by atoms with E-state index in [0.717, 1.165) is 31.7 Å². The van der Waals surface area contributed by atoms with Gasteiger partial charge in [0.1, 0.15) is 5.82 Å². The van der Waals surface area contributed by atoms with E-state index < -0.39 is 15.8 Å². The molecule has 0 bridgehead atoms. The van der Waals surface area contributed by atoms with Crippen LogP contribution in [0.2, 0.25) is 0 Å². The molecular formula is C13H19FN2O2S. The fourth-order valence-corrected chi connectivity index (χ4v) is 3.93. The number of benzene rings is 1. The van der Waals surface area contributed by atoms with Gasteiger partial charge >= 0.3 is 0 Å². The van der Waals surface area contributed by atoms with Gasteiger partial charge in [0.05, 0.1) is 4.90 Å². The summed E-state index contributed by atoms with van der Waals surface area (Å²) in [5, 5.41) is 0. The zero-order valence-electron chi connectivity index (χ0n) is 10.9. The van der Waals surface area contributed by atoms with Crippen molar-refractivity contribution >= 4 is 10.0 Å². The highest BCUT2D eigenvalue weighted by Crippen LogP contribution is 2.36. The number of hydrogen-bond acceptors (Lipinski definition) is 3. The lowest BCUT2D eigenvalue weighted by Gasteiger charge is -2.41. The molecule has 0 heterocycles. The van der Waals surface area contributed by atoms with Crippen LogP contribution in [0.25, 0.3) is 0 Å². The van der Waals surface area contributed by atoms with E-state index in [1.807, 2.05) is 6.92 Å². The van der Waals surface area contributed by atoms with Crippen LogP contribution in [0, 0.1) is 5.82 Å². The molecule has 1 aromatic carbocycles. The van der Waals surface area contributed by atoms with Gasteiger partial charge in [0.25, 0.3) is 0 Å². The summed E-state index contributed by atoms with van der Waals surface area (Å²) in [6, 6.07) is 3.73. The third-order valence-electron chi connectivity index (χ3n) is 3.89. The van der Waals surface area contributed by atoms with Crippen molar-refractivity contribution < 1.29 is 12.8 Å². The molecule has 0 spiro atoms. The molecule has 0 saturated heterocycles. The van der Waals surface area contributed by atoms with Crippen molar-refractivity contribution in [2.24, 2.45) is 5.73 Å². The van der Waals surface area contributed by atoms with Gasteiger partial charge in [0.15, 0.2) is 0 Å². The second kappa shape index (κ2) is 5.19. The van der Waals surface area contributed by atoms with Gasteiger partial charge in [-0.25, -0.2) is 17.5 Å². The molecule has 19 heavy (non-hydrogen) atoms. The van der Waals surface area contributed by atoms with Gasteiger partial charge in [0.2, 0.25) is 10.0 Å². The molecule has 0 unspecified atom stereocenters. The van der Waals surface area contributed by atoms with Crippen molar-refractivity contribution in [2.45, 2.75) is 49.6 Å². The zero-order valence-corrected chi connectivity index (χ0v) is 11.8. The second-order valence-electron chi connectivity index (χ2n) is 5.05. The van der Waals surface area contributed by atoms with E-state index >= 15 is 0 Å². The average Bonchev–Trinajstić information content (AvgIpc) is 2.34. The Labute approximate surface area is 113 Å². The zero-order chi connectivity index (χ0) is 14.1. The highest BCUT2D eigenvalue weighted by molar-refractivity contribution is 7.89. The number of sulfonamides is 1. The van der Waals surface area contributed by atoms with Gasteiger partial charge in [-0.2, -0.15) is 0 Å². The van der Waals surface area contributed by atoms with Crippen molar-refractivity contribution in [1.82, 2.24) is 4.72 Å². The van der Waals surface area contributed by atoms with Crippen molar-refractivity contribution in [3.8, 4) is 0 Å². The van der Waals surface area contributed by atoms with Crippen LogP contribution in [0.15, 0.2) is 23.1 Å². The molecular weight excluding hydrogens is 267 g/mol. The SMILES string of the molecule is CCC1(NS(=O)(=O)c2ccc(F)c(CN)c2)CCC1. The Balaban J connectivity index is 2.29. The molecule has 0 amide bonds. The molecule has 1 saturated carbocycles. The summed E-state index contributed by atoms with van der Waals surface area (Å²) in [6.45, 7) is 1.95. The van der Waals surface area contributed by atoms with E-state index in [1.54, 1.807) is 0 Å². The Bertz CT molecular complexity index is 562. The Morgan fingerprint density at radius 2 is 2.11 bits per heavy atom. The van der Waals surface area contributed by atoms with Gasteiger partial charge in [-0.15, -0.1) is 0 Å². The summed E-state index contributed by atoms with van der Waals surface area (Å²) in [5.74, 6) is -0.477. The normalized spacial score (nSPS) is 18.1. The first-order valence-electron chi connectivity index (χ1n) is 6.45. The second-order valence-corrected chi connectivity index (χ2v) is 6.73. The summed E-state index contributed by atoms with van der Waals surface area (Å²) < 4.78 is 40.7. The summed E-state index contributed by atoms with van der Waals surface area (Å²) >= 11 is 0. The monoisotopic (exact) mass is 286 g/mol. The maximum Gasteiger partial charge on any atom is 0.241 e. The van der Waals surface area contributed by atoms with Gasteiger partial charge in [-0.3, -0.25) is 0 Å². The summed E-state index contributed by atoms with van der Waals surface area (Å²) in [7, 11) is -3.61. The molecule has 0 aromatic heterocycles. The van der Waals surface area contributed by atoms with E-state index in [4.69, 9.17) is 5.73 Å². The van der Waals surface area contributed by atoms with Crippen molar-refractivity contribution in [3.05, 3.63) is 29.6 Å². The van der Waals surface area contributed by atoms with Crippen LogP contribution in [0.4, 0.5) is 4.39 Å². The highest BCUT2D eigenvalue weighted by Gasteiger charge is 2.39. The van der Waals surface area contributed by atoms with Crippen molar-refractivity contribution in [2.75, 3.05) is 0 Å². The predicted molar refractivity (Wildman–Crippen MR) is 71.5 cm³/mol. The van der Waals surface area contributed by atoms with E-state index in [2.05, 4.69) is 4.72 Å². The Kier molecular flexibility index (Phi) is 3.94. The highest BCUT2D eigenvalue weighted by atomic mass is 32.2. The molecule has 2 rings (SSSR count). The maximum atomic E-state index is 13.3. The van der Waals surface area contributed by atoms with Crippen molar-refractivity contribution in [1.29, 1.82) is 0 Å². The van der Waals surface area contributed by atoms with Crippen LogP contribution in [0.3, 0.4) is 0 Å². The smallest absolute Gasteiger partial charge is 0.241 e. The van der Waals surface area contributed by atoms with Gasteiger partial charge in [-0.1, -0.05) is 6.92 Å². The maximum absolute atomic E-state index is 13.3. The number of hydrogen-bond donors (Lipinski definition) is 2. The molecule has 6 heteroatoms. The minimum absolute atomic E-state index is 0.0197. The Morgan fingerprint density at radius 3 is 2.58 bits per heavy atom. The molecule has 1 aliphatic rings. The number of nitrogens with one attached hydrogen (secondary N) is 1. The Hall–Kier alpha value is -0.980. The lowest BCUT2D eigenvalue weighted by Crippen LogP contribution is -2.52. The molecule has 4 nitrogen and oxygen atoms in total. The first-order valence-corrected chi connectivity index (χ1v) is 7.93. The summed E-state index contributed by atoms with van der Waals surface area (Å²) in [6.07, 6.45) is 3.51. The Morgan fingerprint density at radius 1 is 1.42 bits per heavy atom. The molecule has 106 valence electrons. The fourth-order valence-electron chi connectivity index (χ4n) is 2.35. The standard InChI is InChI=1S/C13H19FN2O2S/c1-2-13(6-3-7-13)16-19(17,18)11-4-5-12(14)10(8-11)9-15/h4-5,8,16H,2-3,6-7,9,15H2,1H3. The summed E-state index contributed by atoms with van der Waals surface area (Å²) in [5.41, 5.74) is 5.29. The molecule has 0 aliphatic heterocycles. The first-order chi connectivity index (χ1) is 8.92. The molecule has 3 N–H and O–H groups in total. The minimum Gasteiger partial charge on any atom is -0.326 e. The van der Waals surface area contributed by atoms with Crippen molar-refractivity contribution in [3.63, 3.8) is 0 Å². The lowest BCUT2D eigenvalue weighted by molar-refractivity contribution is 0.214. The van der Waals surface area contributed by atoms with Crippen LogP contribution in [-0.4, -0.2) is 14.0 Å².